The summed E-state index contributed by atoms with van der Waals surface area (Å²) in [5, 5.41) is 7.88. The van der Waals surface area contributed by atoms with Gasteiger partial charge in [-0.15, -0.1) is 0 Å². The minimum Gasteiger partial charge on any atom is -0.313 e. The number of rotatable bonds is 5. The lowest BCUT2D eigenvalue weighted by molar-refractivity contribution is 0.726. The molecule has 0 radical (unpaired) electrons. The van der Waals surface area contributed by atoms with E-state index in [2.05, 4.69) is 55.6 Å². The van der Waals surface area contributed by atoms with Crippen molar-refractivity contribution in [2.75, 3.05) is 6.54 Å². The molecular weight excluding hydrogens is 234 g/mol. The third-order valence-corrected chi connectivity index (χ3v) is 3.40. The first kappa shape index (κ1) is 13.8. The molecule has 0 aliphatic rings. The molecule has 1 aromatic heterocycles. The van der Waals surface area contributed by atoms with Gasteiger partial charge in [0, 0.05) is 25.4 Å². The molecule has 102 valence electrons. The van der Waals surface area contributed by atoms with Crippen LogP contribution in [0.5, 0.6) is 0 Å². The topological polar surface area (TPSA) is 29.9 Å². The van der Waals surface area contributed by atoms with Crippen LogP contribution in [0.1, 0.15) is 30.7 Å². The molecule has 19 heavy (non-hydrogen) atoms. The summed E-state index contributed by atoms with van der Waals surface area (Å²) in [6, 6.07) is 6.69. The number of aromatic nitrogens is 2. The Hall–Kier alpha value is -1.61. The van der Waals surface area contributed by atoms with Crippen molar-refractivity contribution in [2.24, 2.45) is 7.05 Å². The zero-order valence-electron chi connectivity index (χ0n) is 12.3. The molecule has 2 aromatic rings. The van der Waals surface area contributed by atoms with Gasteiger partial charge in [0.2, 0.25) is 0 Å². The van der Waals surface area contributed by atoms with E-state index in [0.717, 1.165) is 19.5 Å². The van der Waals surface area contributed by atoms with Crippen LogP contribution in [0.15, 0.2) is 24.4 Å². The van der Waals surface area contributed by atoms with Crippen molar-refractivity contribution in [1.29, 1.82) is 0 Å². The van der Waals surface area contributed by atoms with Crippen molar-refractivity contribution in [3.05, 3.63) is 41.2 Å². The molecule has 3 nitrogen and oxygen atoms in total. The second kappa shape index (κ2) is 6.02. The van der Waals surface area contributed by atoms with Crippen molar-refractivity contribution in [3.63, 3.8) is 0 Å². The summed E-state index contributed by atoms with van der Waals surface area (Å²) in [4.78, 5) is 0. The predicted molar refractivity (Wildman–Crippen MR) is 80.1 cm³/mol. The van der Waals surface area contributed by atoms with Crippen molar-refractivity contribution in [3.8, 4) is 11.1 Å². The molecule has 2 rings (SSSR count). The number of hydrogen-bond acceptors (Lipinski definition) is 2. The average Bonchev–Trinajstić information content (AvgIpc) is 2.77. The van der Waals surface area contributed by atoms with E-state index in [9.17, 15) is 0 Å². The molecule has 1 aromatic carbocycles. The highest BCUT2D eigenvalue weighted by Crippen LogP contribution is 2.27. The summed E-state index contributed by atoms with van der Waals surface area (Å²) in [5.74, 6) is 0. The third kappa shape index (κ3) is 3.04. The molecule has 0 bridgehead atoms. The molecule has 0 spiro atoms. The molecule has 0 saturated carbocycles. The predicted octanol–water partition coefficient (Wildman–Crippen LogP) is 3.07. The fourth-order valence-electron chi connectivity index (χ4n) is 2.43. The Labute approximate surface area is 115 Å². The number of nitrogens with zero attached hydrogens (tertiary/aromatic N) is 2. The van der Waals surface area contributed by atoms with Gasteiger partial charge < -0.3 is 5.32 Å². The summed E-state index contributed by atoms with van der Waals surface area (Å²) < 4.78 is 1.90. The first-order valence-electron chi connectivity index (χ1n) is 6.98. The fraction of sp³-hybridized carbons (Fsp3) is 0.438. The lowest BCUT2D eigenvalue weighted by Crippen LogP contribution is -2.11. The standard InChI is InChI=1S/C16H23N3/c1-5-16-15(11-19(4)18-16)14-8-7-13(9-12(14)3)10-17-6-2/h7-9,11,17H,5-6,10H2,1-4H3. The molecule has 0 unspecified atom stereocenters. The Morgan fingerprint density at radius 1 is 1.21 bits per heavy atom. The Kier molecular flexibility index (Phi) is 4.38. The smallest absolute Gasteiger partial charge is 0.0700 e. The van der Waals surface area contributed by atoms with Crippen molar-refractivity contribution in [1.82, 2.24) is 15.1 Å². The molecule has 0 aliphatic carbocycles. The number of hydrogen-bond donors (Lipinski definition) is 1. The summed E-state index contributed by atoms with van der Waals surface area (Å²) >= 11 is 0. The van der Waals surface area contributed by atoms with Crippen LogP contribution in [0.3, 0.4) is 0 Å². The maximum absolute atomic E-state index is 4.52. The zero-order chi connectivity index (χ0) is 13.8. The van der Waals surface area contributed by atoms with Gasteiger partial charge in [-0.25, -0.2) is 0 Å². The van der Waals surface area contributed by atoms with Gasteiger partial charge >= 0.3 is 0 Å². The summed E-state index contributed by atoms with van der Waals surface area (Å²) in [7, 11) is 1.98. The van der Waals surface area contributed by atoms with Crippen LogP contribution >= 0.6 is 0 Å². The van der Waals surface area contributed by atoms with Gasteiger partial charge in [0.15, 0.2) is 0 Å². The molecule has 3 heteroatoms. The van der Waals surface area contributed by atoms with E-state index in [0.29, 0.717) is 0 Å². The highest BCUT2D eigenvalue weighted by atomic mass is 15.2. The monoisotopic (exact) mass is 257 g/mol. The number of nitrogens with one attached hydrogen (secondary N) is 1. The highest BCUT2D eigenvalue weighted by Gasteiger charge is 2.10. The highest BCUT2D eigenvalue weighted by molar-refractivity contribution is 5.69. The van der Waals surface area contributed by atoms with E-state index >= 15 is 0 Å². The van der Waals surface area contributed by atoms with E-state index in [4.69, 9.17) is 0 Å². The van der Waals surface area contributed by atoms with Crippen LogP contribution in [-0.4, -0.2) is 16.3 Å². The van der Waals surface area contributed by atoms with Gasteiger partial charge in [0.25, 0.3) is 0 Å². The summed E-state index contributed by atoms with van der Waals surface area (Å²) in [5.41, 5.74) is 6.39. The fourth-order valence-corrected chi connectivity index (χ4v) is 2.43. The number of benzene rings is 1. The van der Waals surface area contributed by atoms with E-state index < -0.39 is 0 Å². The van der Waals surface area contributed by atoms with E-state index in [-0.39, 0.29) is 0 Å². The molecule has 1 N–H and O–H groups in total. The zero-order valence-corrected chi connectivity index (χ0v) is 12.3. The molecule has 1 heterocycles. The second-order valence-electron chi connectivity index (χ2n) is 4.95. The van der Waals surface area contributed by atoms with Gasteiger partial charge in [-0.05, 0) is 36.6 Å². The molecular formula is C16H23N3. The van der Waals surface area contributed by atoms with Gasteiger partial charge in [-0.1, -0.05) is 32.0 Å². The summed E-state index contributed by atoms with van der Waals surface area (Å²) in [6.45, 7) is 8.40. The molecule has 0 saturated heterocycles. The van der Waals surface area contributed by atoms with E-state index in [1.807, 2.05) is 11.7 Å². The Morgan fingerprint density at radius 3 is 2.63 bits per heavy atom. The first-order chi connectivity index (χ1) is 9.15. The average molecular weight is 257 g/mol. The molecule has 0 atom stereocenters. The van der Waals surface area contributed by atoms with Gasteiger partial charge in [-0.2, -0.15) is 5.10 Å². The Balaban J connectivity index is 2.34. The Morgan fingerprint density at radius 2 is 2.00 bits per heavy atom. The molecule has 0 fully saturated rings. The lowest BCUT2D eigenvalue weighted by atomic mass is 9.98. The summed E-state index contributed by atoms with van der Waals surface area (Å²) in [6.07, 6.45) is 3.08. The van der Waals surface area contributed by atoms with E-state index in [1.54, 1.807) is 0 Å². The number of aryl methyl sites for hydroxylation is 3. The largest absolute Gasteiger partial charge is 0.313 e. The van der Waals surface area contributed by atoms with Crippen molar-refractivity contribution in [2.45, 2.75) is 33.7 Å². The maximum atomic E-state index is 4.52. The third-order valence-electron chi connectivity index (χ3n) is 3.40. The van der Waals surface area contributed by atoms with Crippen molar-refractivity contribution < 1.29 is 0 Å². The van der Waals surface area contributed by atoms with Crippen LogP contribution in [0.2, 0.25) is 0 Å². The van der Waals surface area contributed by atoms with Gasteiger partial charge in [0.05, 0.1) is 5.69 Å². The van der Waals surface area contributed by atoms with Crippen LogP contribution < -0.4 is 5.32 Å². The quantitative estimate of drug-likeness (QED) is 0.892. The molecule has 0 amide bonds. The second-order valence-corrected chi connectivity index (χ2v) is 4.95. The van der Waals surface area contributed by atoms with Crippen LogP contribution in [0, 0.1) is 6.92 Å². The Bertz CT molecular complexity index is 555. The van der Waals surface area contributed by atoms with Gasteiger partial charge in [0.1, 0.15) is 0 Å². The van der Waals surface area contributed by atoms with Gasteiger partial charge in [-0.3, -0.25) is 4.68 Å². The van der Waals surface area contributed by atoms with Crippen molar-refractivity contribution >= 4 is 0 Å². The molecule has 0 aliphatic heterocycles. The minimum atomic E-state index is 0.936. The SMILES string of the molecule is CCNCc1ccc(-c2cn(C)nc2CC)c(C)c1. The minimum absolute atomic E-state index is 0.936. The normalized spacial score (nSPS) is 10.9. The first-order valence-corrected chi connectivity index (χ1v) is 6.98. The van der Waals surface area contributed by atoms with E-state index in [1.165, 1.54) is 27.9 Å². The van der Waals surface area contributed by atoms with Crippen LogP contribution in [-0.2, 0) is 20.0 Å². The lowest BCUT2D eigenvalue weighted by Gasteiger charge is -2.09. The van der Waals surface area contributed by atoms with Crippen LogP contribution in [0.25, 0.3) is 11.1 Å². The van der Waals surface area contributed by atoms with Crippen LogP contribution in [0.4, 0.5) is 0 Å². The maximum Gasteiger partial charge on any atom is 0.0700 e.